The Balaban J connectivity index is 2.78. The lowest BCUT2D eigenvalue weighted by Gasteiger charge is -2.14. The van der Waals surface area contributed by atoms with E-state index >= 15 is 0 Å². The molecule has 5 nitrogen and oxygen atoms in total. The summed E-state index contributed by atoms with van der Waals surface area (Å²) in [6.45, 7) is 5.12. The summed E-state index contributed by atoms with van der Waals surface area (Å²) in [5.41, 5.74) is 7.72. The van der Waals surface area contributed by atoms with Crippen LogP contribution in [0.1, 0.15) is 24.2 Å². The van der Waals surface area contributed by atoms with E-state index in [1.165, 1.54) is 0 Å². The number of aliphatic hydroxyl groups excluding tert-OH is 1. The highest BCUT2D eigenvalue weighted by Gasteiger charge is 2.08. The van der Waals surface area contributed by atoms with Gasteiger partial charge in [-0.1, -0.05) is 6.92 Å². The van der Waals surface area contributed by atoms with Gasteiger partial charge in [-0.15, -0.1) is 0 Å². The van der Waals surface area contributed by atoms with Gasteiger partial charge in [0, 0.05) is 25.3 Å². The molecule has 100 valence electrons. The SMILES string of the molecule is CCNC(=O)c1ccc(N)c(NCC(C)CO)c1. The van der Waals surface area contributed by atoms with Gasteiger partial charge >= 0.3 is 0 Å². The molecule has 0 spiro atoms. The molecule has 0 aromatic heterocycles. The van der Waals surface area contributed by atoms with E-state index in [0.717, 1.165) is 5.69 Å². The van der Waals surface area contributed by atoms with Gasteiger partial charge in [-0.2, -0.15) is 0 Å². The smallest absolute Gasteiger partial charge is 0.251 e. The number of anilines is 2. The zero-order valence-electron chi connectivity index (χ0n) is 10.9. The molecular formula is C13H21N3O2. The van der Waals surface area contributed by atoms with Crippen LogP contribution in [0, 0.1) is 5.92 Å². The van der Waals surface area contributed by atoms with Crippen molar-refractivity contribution in [3.05, 3.63) is 23.8 Å². The lowest BCUT2D eigenvalue weighted by molar-refractivity contribution is 0.0956. The van der Waals surface area contributed by atoms with Crippen molar-refractivity contribution < 1.29 is 9.90 Å². The van der Waals surface area contributed by atoms with Crippen molar-refractivity contribution in [3.8, 4) is 0 Å². The third-order valence-electron chi connectivity index (χ3n) is 2.61. The second-order valence-electron chi connectivity index (χ2n) is 4.33. The Bertz CT molecular complexity index is 407. The molecule has 5 heteroatoms. The van der Waals surface area contributed by atoms with Crippen LogP contribution in [0.5, 0.6) is 0 Å². The fourth-order valence-electron chi connectivity index (χ4n) is 1.46. The number of nitrogen functional groups attached to an aromatic ring is 1. The van der Waals surface area contributed by atoms with Gasteiger partial charge in [0.15, 0.2) is 0 Å². The maximum Gasteiger partial charge on any atom is 0.251 e. The van der Waals surface area contributed by atoms with E-state index in [1.807, 2.05) is 13.8 Å². The average Bonchev–Trinajstić information content (AvgIpc) is 2.37. The number of nitrogens with one attached hydrogen (secondary N) is 2. The Morgan fingerprint density at radius 3 is 2.83 bits per heavy atom. The number of hydrogen-bond acceptors (Lipinski definition) is 4. The highest BCUT2D eigenvalue weighted by molar-refractivity contribution is 5.96. The van der Waals surface area contributed by atoms with Crippen LogP contribution in [0.3, 0.4) is 0 Å². The van der Waals surface area contributed by atoms with E-state index in [1.54, 1.807) is 18.2 Å². The van der Waals surface area contributed by atoms with Gasteiger partial charge in [-0.3, -0.25) is 4.79 Å². The first-order valence-corrected chi connectivity index (χ1v) is 6.11. The molecule has 0 heterocycles. The fourth-order valence-corrected chi connectivity index (χ4v) is 1.46. The summed E-state index contributed by atoms with van der Waals surface area (Å²) in [6, 6.07) is 5.13. The minimum atomic E-state index is -0.115. The minimum absolute atomic E-state index is 0.114. The first kappa shape index (κ1) is 14.3. The molecule has 1 amide bonds. The third-order valence-corrected chi connectivity index (χ3v) is 2.61. The van der Waals surface area contributed by atoms with Crippen LogP contribution in [0.15, 0.2) is 18.2 Å². The predicted octanol–water partition coefficient (Wildman–Crippen LogP) is 1.06. The molecule has 0 aliphatic heterocycles. The van der Waals surface area contributed by atoms with Gasteiger partial charge in [-0.25, -0.2) is 0 Å². The molecule has 0 aliphatic rings. The molecule has 0 bridgehead atoms. The molecule has 1 atom stereocenters. The number of rotatable bonds is 6. The Labute approximate surface area is 107 Å². The molecule has 1 aromatic carbocycles. The highest BCUT2D eigenvalue weighted by atomic mass is 16.3. The largest absolute Gasteiger partial charge is 0.397 e. The molecule has 1 rings (SSSR count). The van der Waals surface area contributed by atoms with Crippen LogP contribution in [0.2, 0.25) is 0 Å². The molecular weight excluding hydrogens is 230 g/mol. The summed E-state index contributed by atoms with van der Waals surface area (Å²) < 4.78 is 0. The number of aliphatic hydroxyl groups is 1. The Hall–Kier alpha value is -1.75. The van der Waals surface area contributed by atoms with Crippen LogP contribution in [0.25, 0.3) is 0 Å². The number of nitrogens with two attached hydrogens (primary N) is 1. The lowest BCUT2D eigenvalue weighted by Crippen LogP contribution is -2.23. The lowest BCUT2D eigenvalue weighted by atomic mass is 10.1. The van der Waals surface area contributed by atoms with E-state index < -0.39 is 0 Å². The number of carbonyl (C=O) groups is 1. The summed E-state index contributed by atoms with van der Waals surface area (Å²) >= 11 is 0. The quantitative estimate of drug-likeness (QED) is 0.569. The maximum absolute atomic E-state index is 11.7. The predicted molar refractivity (Wildman–Crippen MR) is 73.6 cm³/mol. The molecule has 5 N–H and O–H groups in total. The molecule has 0 saturated heterocycles. The summed E-state index contributed by atoms with van der Waals surface area (Å²) in [6.07, 6.45) is 0. The van der Waals surface area contributed by atoms with E-state index in [9.17, 15) is 4.79 Å². The first-order chi connectivity index (χ1) is 8.58. The summed E-state index contributed by atoms with van der Waals surface area (Å²) in [5, 5.41) is 14.8. The highest BCUT2D eigenvalue weighted by Crippen LogP contribution is 2.20. The molecule has 0 saturated carbocycles. The number of hydrogen-bond donors (Lipinski definition) is 4. The second kappa shape index (κ2) is 6.86. The van der Waals surface area contributed by atoms with Crippen molar-refractivity contribution in [1.82, 2.24) is 5.32 Å². The van der Waals surface area contributed by atoms with Crippen molar-refractivity contribution in [1.29, 1.82) is 0 Å². The standard InChI is InChI=1S/C13H21N3O2/c1-3-15-13(18)10-4-5-11(14)12(6-10)16-7-9(2)8-17/h4-6,9,16-17H,3,7-8,14H2,1-2H3,(H,15,18). The first-order valence-electron chi connectivity index (χ1n) is 6.11. The van der Waals surface area contributed by atoms with E-state index in [2.05, 4.69) is 10.6 Å². The van der Waals surface area contributed by atoms with Crippen LogP contribution in [-0.2, 0) is 0 Å². The van der Waals surface area contributed by atoms with Crippen molar-refractivity contribution in [2.75, 3.05) is 30.7 Å². The third kappa shape index (κ3) is 3.92. The zero-order chi connectivity index (χ0) is 13.5. The Morgan fingerprint density at radius 2 is 2.22 bits per heavy atom. The summed E-state index contributed by atoms with van der Waals surface area (Å²) in [5.74, 6) is 0.0216. The van der Waals surface area contributed by atoms with Crippen molar-refractivity contribution in [3.63, 3.8) is 0 Å². The molecule has 1 aromatic rings. The van der Waals surface area contributed by atoms with Crippen LogP contribution >= 0.6 is 0 Å². The zero-order valence-corrected chi connectivity index (χ0v) is 10.9. The second-order valence-corrected chi connectivity index (χ2v) is 4.33. The summed E-state index contributed by atoms with van der Waals surface area (Å²) in [4.78, 5) is 11.7. The average molecular weight is 251 g/mol. The Morgan fingerprint density at radius 1 is 1.50 bits per heavy atom. The Kier molecular flexibility index (Phi) is 5.45. The van der Waals surface area contributed by atoms with Crippen molar-refractivity contribution in [2.24, 2.45) is 5.92 Å². The monoisotopic (exact) mass is 251 g/mol. The van der Waals surface area contributed by atoms with Gasteiger partial charge < -0.3 is 21.5 Å². The van der Waals surface area contributed by atoms with Gasteiger partial charge in [0.25, 0.3) is 5.91 Å². The topological polar surface area (TPSA) is 87.4 Å². The van der Waals surface area contributed by atoms with Crippen molar-refractivity contribution >= 4 is 17.3 Å². The molecule has 1 unspecified atom stereocenters. The minimum Gasteiger partial charge on any atom is -0.397 e. The van der Waals surface area contributed by atoms with Crippen LogP contribution in [0.4, 0.5) is 11.4 Å². The fraction of sp³-hybridized carbons (Fsp3) is 0.462. The van der Waals surface area contributed by atoms with Crippen LogP contribution in [-0.4, -0.2) is 30.7 Å². The van der Waals surface area contributed by atoms with Crippen LogP contribution < -0.4 is 16.4 Å². The molecule has 0 radical (unpaired) electrons. The van der Waals surface area contributed by atoms with E-state index in [-0.39, 0.29) is 18.4 Å². The number of amides is 1. The van der Waals surface area contributed by atoms with E-state index in [0.29, 0.717) is 24.3 Å². The van der Waals surface area contributed by atoms with Gasteiger partial charge in [0.05, 0.1) is 11.4 Å². The van der Waals surface area contributed by atoms with Crippen molar-refractivity contribution in [2.45, 2.75) is 13.8 Å². The summed E-state index contributed by atoms with van der Waals surface area (Å²) in [7, 11) is 0. The van der Waals surface area contributed by atoms with Gasteiger partial charge in [0.1, 0.15) is 0 Å². The van der Waals surface area contributed by atoms with Gasteiger partial charge in [0.2, 0.25) is 0 Å². The number of carbonyl (C=O) groups excluding carboxylic acids is 1. The molecule has 18 heavy (non-hydrogen) atoms. The normalized spacial score (nSPS) is 11.9. The molecule has 0 fully saturated rings. The maximum atomic E-state index is 11.7. The van der Waals surface area contributed by atoms with E-state index in [4.69, 9.17) is 10.8 Å². The molecule has 0 aliphatic carbocycles. The number of benzene rings is 1. The van der Waals surface area contributed by atoms with Gasteiger partial charge in [-0.05, 0) is 31.0 Å².